The summed E-state index contributed by atoms with van der Waals surface area (Å²) >= 11 is 1.62. The first kappa shape index (κ1) is 14.5. The van der Waals surface area contributed by atoms with Crippen molar-refractivity contribution in [1.82, 2.24) is 0 Å². The predicted molar refractivity (Wildman–Crippen MR) is 79.6 cm³/mol. The van der Waals surface area contributed by atoms with E-state index in [9.17, 15) is 13.2 Å². The number of halogens is 3. The number of alkyl halides is 3. The minimum Gasteiger partial charge on any atom is -0.166 e. The van der Waals surface area contributed by atoms with Crippen LogP contribution < -0.4 is 0 Å². The van der Waals surface area contributed by atoms with Crippen LogP contribution >= 0.6 is 11.8 Å². The second-order valence-corrected chi connectivity index (χ2v) is 6.22. The lowest BCUT2D eigenvalue weighted by molar-refractivity contribution is -0.137. The Hall–Kier alpha value is -1.42. The van der Waals surface area contributed by atoms with Crippen LogP contribution in [0, 0.1) is 0 Å². The topological polar surface area (TPSA) is 0 Å². The van der Waals surface area contributed by atoms with Crippen molar-refractivity contribution in [3.8, 4) is 0 Å². The summed E-state index contributed by atoms with van der Waals surface area (Å²) in [7, 11) is 0. The van der Waals surface area contributed by atoms with Gasteiger partial charge in [0, 0.05) is 16.6 Å². The van der Waals surface area contributed by atoms with Crippen LogP contribution in [0.3, 0.4) is 0 Å². The molecule has 0 saturated heterocycles. The molecule has 1 aliphatic heterocycles. The Morgan fingerprint density at radius 3 is 2.57 bits per heavy atom. The van der Waals surface area contributed by atoms with Gasteiger partial charge in [0.05, 0.1) is 5.56 Å². The molecule has 0 N–H and O–H groups in total. The molecule has 0 spiro atoms. The maximum Gasteiger partial charge on any atom is 0.416 e. The first-order valence-corrected chi connectivity index (χ1v) is 7.91. The van der Waals surface area contributed by atoms with Crippen molar-refractivity contribution in [1.29, 1.82) is 0 Å². The van der Waals surface area contributed by atoms with Gasteiger partial charge in [0.2, 0.25) is 0 Å². The third-order valence-corrected chi connectivity index (χ3v) is 5.07. The van der Waals surface area contributed by atoms with Crippen molar-refractivity contribution in [2.45, 2.75) is 36.1 Å². The fraction of sp³-hybridized carbons (Fsp3) is 0.294. The summed E-state index contributed by atoms with van der Waals surface area (Å²) in [5.74, 6) is 0.765. The van der Waals surface area contributed by atoms with Gasteiger partial charge in [-0.15, -0.1) is 11.8 Å². The van der Waals surface area contributed by atoms with E-state index in [1.165, 1.54) is 22.6 Å². The molecule has 2 aromatic rings. The lowest BCUT2D eigenvalue weighted by atomic mass is 9.86. The zero-order valence-corrected chi connectivity index (χ0v) is 12.4. The predicted octanol–water partition coefficient (Wildman–Crippen LogP) is 5.85. The van der Waals surface area contributed by atoms with E-state index in [1.54, 1.807) is 17.8 Å². The molecule has 4 heteroatoms. The molecule has 0 radical (unpaired) electrons. The van der Waals surface area contributed by atoms with Gasteiger partial charge < -0.3 is 0 Å². The maximum absolute atomic E-state index is 12.9. The van der Waals surface area contributed by atoms with Crippen molar-refractivity contribution in [3.05, 3.63) is 64.7 Å². The summed E-state index contributed by atoms with van der Waals surface area (Å²) in [4.78, 5) is 1.18. The van der Waals surface area contributed by atoms with E-state index >= 15 is 0 Å². The Bertz CT molecular complexity index is 661. The SMILES string of the molecule is CCC1c2ccc(C(F)(F)F)cc2CSc2ccccc21. The van der Waals surface area contributed by atoms with E-state index in [0.29, 0.717) is 5.75 Å². The van der Waals surface area contributed by atoms with E-state index < -0.39 is 11.7 Å². The minimum absolute atomic E-state index is 0.175. The largest absolute Gasteiger partial charge is 0.416 e. The van der Waals surface area contributed by atoms with Gasteiger partial charge in [0.15, 0.2) is 0 Å². The summed E-state index contributed by atoms with van der Waals surface area (Å²) in [6.07, 6.45) is -3.39. The molecule has 0 aliphatic carbocycles. The summed E-state index contributed by atoms with van der Waals surface area (Å²) in [6, 6.07) is 12.3. The molecule has 0 bridgehead atoms. The summed E-state index contributed by atoms with van der Waals surface area (Å²) in [5.41, 5.74) is 2.51. The summed E-state index contributed by atoms with van der Waals surface area (Å²) in [5, 5.41) is 0. The molecule has 1 unspecified atom stereocenters. The highest BCUT2D eigenvalue weighted by Crippen LogP contribution is 2.43. The molecule has 2 aromatic carbocycles. The summed E-state index contributed by atoms with van der Waals surface area (Å²) in [6.45, 7) is 2.08. The second kappa shape index (κ2) is 5.41. The molecule has 1 aliphatic rings. The van der Waals surface area contributed by atoms with Crippen LogP contribution in [0.15, 0.2) is 47.4 Å². The standard InChI is InChI=1S/C17H15F3S/c1-2-13-14-8-7-12(17(18,19)20)9-11(14)10-21-16-6-4-3-5-15(13)16/h3-9,13H,2,10H2,1H3. The van der Waals surface area contributed by atoms with Crippen molar-refractivity contribution < 1.29 is 13.2 Å². The van der Waals surface area contributed by atoms with Gasteiger partial charge in [-0.1, -0.05) is 31.2 Å². The Kier molecular flexibility index (Phi) is 3.74. The quantitative estimate of drug-likeness (QED) is 0.636. The van der Waals surface area contributed by atoms with Crippen LogP contribution in [0.25, 0.3) is 0 Å². The fourth-order valence-electron chi connectivity index (χ4n) is 2.91. The van der Waals surface area contributed by atoms with Crippen LogP contribution in [0.2, 0.25) is 0 Å². The molecule has 1 heterocycles. The molecular formula is C17H15F3S. The van der Waals surface area contributed by atoms with Crippen molar-refractivity contribution in [2.75, 3.05) is 0 Å². The number of thioether (sulfide) groups is 1. The van der Waals surface area contributed by atoms with Gasteiger partial charge >= 0.3 is 6.18 Å². The maximum atomic E-state index is 12.9. The molecule has 110 valence electrons. The fourth-order valence-corrected chi connectivity index (χ4v) is 4.02. The molecule has 0 saturated carbocycles. The van der Waals surface area contributed by atoms with Gasteiger partial charge in [-0.3, -0.25) is 0 Å². The van der Waals surface area contributed by atoms with Gasteiger partial charge in [-0.05, 0) is 41.3 Å². The van der Waals surface area contributed by atoms with Gasteiger partial charge in [-0.2, -0.15) is 13.2 Å². The van der Waals surface area contributed by atoms with Crippen molar-refractivity contribution >= 4 is 11.8 Å². The molecule has 21 heavy (non-hydrogen) atoms. The van der Waals surface area contributed by atoms with Crippen LogP contribution in [0.5, 0.6) is 0 Å². The van der Waals surface area contributed by atoms with Crippen molar-refractivity contribution in [2.24, 2.45) is 0 Å². The smallest absolute Gasteiger partial charge is 0.166 e. The molecular weight excluding hydrogens is 293 g/mol. The normalized spacial score (nSPS) is 17.8. The average Bonchev–Trinajstić information content (AvgIpc) is 2.62. The van der Waals surface area contributed by atoms with E-state index in [-0.39, 0.29) is 5.92 Å². The Morgan fingerprint density at radius 2 is 1.86 bits per heavy atom. The van der Waals surface area contributed by atoms with Gasteiger partial charge in [0.1, 0.15) is 0 Å². The molecule has 0 aromatic heterocycles. The second-order valence-electron chi connectivity index (χ2n) is 5.20. The molecule has 0 amide bonds. The lowest BCUT2D eigenvalue weighted by Gasteiger charge is -2.19. The molecule has 1 atom stereocenters. The first-order chi connectivity index (χ1) is 10.0. The average molecular weight is 308 g/mol. The number of hydrogen-bond donors (Lipinski definition) is 0. The van der Waals surface area contributed by atoms with Crippen LogP contribution in [0.4, 0.5) is 13.2 Å². The van der Waals surface area contributed by atoms with Crippen LogP contribution in [0.1, 0.15) is 41.5 Å². The lowest BCUT2D eigenvalue weighted by Crippen LogP contribution is -2.08. The van der Waals surface area contributed by atoms with Crippen LogP contribution in [-0.2, 0) is 11.9 Å². The Balaban J connectivity index is 2.12. The van der Waals surface area contributed by atoms with E-state index in [4.69, 9.17) is 0 Å². The monoisotopic (exact) mass is 308 g/mol. The molecule has 3 rings (SSSR count). The van der Waals surface area contributed by atoms with Crippen molar-refractivity contribution in [3.63, 3.8) is 0 Å². The van der Waals surface area contributed by atoms with Gasteiger partial charge in [0.25, 0.3) is 0 Å². The van der Waals surface area contributed by atoms with E-state index in [2.05, 4.69) is 19.1 Å². The molecule has 0 fully saturated rings. The Morgan fingerprint density at radius 1 is 1.10 bits per heavy atom. The highest BCUT2D eigenvalue weighted by Gasteiger charge is 2.32. The number of fused-ring (bicyclic) bond motifs is 2. The zero-order valence-electron chi connectivity index (χ0n) is 11.6. The summed E-state index contributed by atoms with van der Waals surface area (Å²) < 4.78 is 38.7. The zero-order chi connectivity index (χ0) is 15.0. The number of benzene rings is 2. The Labute approximate surface area is 126 Å². The molecule has 0 nitrogen and oxygen atoms in total. The minimum atomic E-state index is -4.28. The highest BCUT2D eigenvalue weighted by atomic mass is 32.2. The number of rotatable bonds is 1. The highest BCUT2D eigenvalue weighted by molar-refractivity contribution is 7.98. The third kappa shape index (κ3) is 2.69. The first-order valence-electron chi connectivity index (χ1n) is 6.92. The van der Waals surface area contributed by atoms with E-state index in [1.807, 2.05) is 12.1 Å². The van der Waals surface area contributed by atoms with E-state index in [0.717, 1.165) is 17.5 Å². The third-order valence-electron chi connectivity index (χ3n) is 3.93. The van der Waals surface area contributed by atoms with Crippen LogP contribution in [-0.4, -0.2) is 0 Å². The number of hydrogen-bond acceptors (Lipinski definition) is 1. The van der Waals surface area contributed by atoms with Gasteiger partial charge in [-0.25, -0.2) is 0 Å².